The van der Waals surface area contributed by atoms with Crippen LogP contribution in [-0.2, 0) is 0 Å². The van der Waals surface area contributed by atoms with Crippen LogP contribution in [0.15, 0.2) is 279 Å². The first-order chi connectivity index (χ1) is 43.3. The van der Waals surface area contributed by atoms with E-state index in [9.17, 15) is 0 Å². The molecule has 6 heteroatoms. The fourth-order valence-corrected chi connectivity index (χ4v) is 14.6. The van der Waals surface area contributed by atoms with Crippen molar-refractivity contribution < 1.29 is 9.47 Å². The first-order valence-electron chi connectivity index (χ1n) is 30.6. The summed E-state index contributed by atoms with van der Waals surface area (Å²) in [7, 11) is 0. The van der Waals surface area contributed by atoms with E-state index in [0.29, 0.717) is 0 Å². The molecule has 0 saturated heterocycles. The highest BCUT2D eigenvalue weighted by Gasteiger charge is 2.47. The van der Waals surface area contributed by atoms with Gasteiger partial charge in [0.05, 0.1) is 11.4 Å². The minimum absolute atomic E-state index is 0.211. The lowest BCUT2D eigenvalue weighted by Gasteiger charge is -2.43. The van der Waals surface area contributed by atoms with Crippen molar-refractivity contribution in [1.29, 1.82) is 0 Å². The summed E-state index contributed by atoms with van der Waals surface area (Å²) >= 11 is 0. The number of hydrogen-bond donors (Lipinski definition) is 0. The van der Waals surface area contributed by atoms with Crippen molar-refractivity contribution in [3.8, 4) is 89.8 Å². The number of para-hydroxylation sites is 2. The Morgan fingerprint density at radius 1 is 0.239 bits per heavy atom. The molecule has 13 aromatic rings. The summed E-state index contributed by atoms with van der Waals surface area (Å²) in [4.78, 5) is 5.06. The van der Waals surface area contributed by atoms with Crippen LogP contribution in [0.5, 0.6) is 23.0 Å². The third-order valence-corrected chi connectivity index (χ3v) is 18.8. The average Bonchev–Trinajstić information content (AvgIpc) is 0.716. The lowest BCUT2D eigenvalue weighted by atomic mass is 9.31. The minimum atomic E-state index is -0.211. The Hall–Kier alpha value is -10.8. The lowest BCUT2D eigenvalue weighted by molar-refractivity contribution is 0.466. The second-order valence-electron chi connectivity index (χ2n) is 24.2. The highest BCUT2D eigenvalue weighted by Crippen LogP contribution is 2.50. The van der Waals surface area contributed by atoms with Gasteiger partial charge >= 0.3 is 0 Å². The standard InChI is InChI=1S/C82H58B2N2O2/c1-51-34-36-55(37-35-51)59-38-40-67-73(43-59)85(71-32-17-15-30-65(71)56-23-7-5-8-24-56)75-45-61(63-28-13-11-21-53(63)3)47-79-81(75)83(67)69-49-70-78(50-77(69)87-79)88-80-48-62(64-29-14-12-22-54(64)4)46-76-82(80)84(70)68-41-39-60(58-27-19-20-52(2)42-58)44-74(68)86(76)72-33-18-16-31-66(72)57-25-9-6-10-26-57/h5-50H,1-4H3. The van der Waals surface area contributed by atoms with Crippen molar-refractivity contribution in [2.75, 3.05) is 9.80 Å². The van der Waals surface area contributed by atoms with Crippen molar-refractivity contribution in [1.82, 2.24) is 0 Å². The third-order valence-electron chi connectivity index (χ3n) is 18.8. The molecule has 13 aromatic carbocycles. The average molecular weight is 1130 g/mol. The fraction of sp³-hybridized carbons (Fsp3) is 0.0488. The van der Waals surface area contributed by atoms with Gasteiger partial charge in [0.25, 0.3) is 13.4 Å². The Labute approximate surface area is 515 Å². The third kappa shape index (κ3) is 8.31. The van der Waals surface area contributed by atoms with E-state index in [1.165, 1.54) is 44.3 Å². The Morgan fingerprint density at radius 2 is 0.648 bits per heavy atom. The maximum absolute atomic E-state index is 7.57. The molecular formula is C82H58B2N2O2. The largest absolute Gasteiger partial charge is 0.458 e. The number of aryl methyl sites for hydroxylation is 4. The second-order valence-corrected chi connectivity index (χ2v) is 24.2. The molecule has 414 valence electrons. The van der Waals surface area contributed by atoms with E-state index in [2.05, 4.69) is 317 Å². The molecular weight excluding hydrogens is 1070 g/mol. The van der Waals surface area contributed by atoms with Gasteiger partial charge < -0.3 is 19.3 Å². The van der Waals surface area contributed by atoms with Gasteiger partial charge in [-0.3, -0.25) is 0 Å². The molecule has 0 spiro atoms. The number of benzene rings is 13. The molecule has 0 saturated carbocycles. The van der Waals surface area contributed by atoms with Gasteiger partial charge in [0, 0.05) is 39.9 Å². The Bertz CT molecular complexity index is 5000. The summed E-state index contributed by atoms with van der Waals surface area (Å²) in [6.07, 6.45) is 0. The zero-order valence-corrected chi connectivity index (χ0v) is 49.4. The van der Waals surface area contributed by atoms with Crippen molar-refractivity contribution >= 4 is 80.3 Å². The van der Waals surface area contributed by atoms with Crippen LogP contribution in [0.4, 0.5) is 34.1 Å². The molecule has 0 atom stereocenters. The number of ether oxygens (including phenoxy) is 2. The monoisotopic (exact) mass is 1120 g/mol. The predicted molar refractivity (Wildman–Crippen MR) is 370 cm³/mol. The zero-order valence-electron chi connectivity index (χ0n) is 49.4. The molecule has 0 aliphatic carbocycles. The normalized spacial score (nSPS) is 12.9. The van der Waals surface area contributed by atoms with E-state index in [0.717, 1.165) is 135 Å². The SMILES string of the molecule is Cc1ccc(-c2ccc3c(c2)N(c2ccccc2-c2ccccc2)c2cc(-c4ccccc4C)cc4c2B3c2cc3c(cc2O4)Oc2cc(-c4ccccc4C)cc4c2B3c2ccc(-c3cccc(C)c3)cc2N4c2ccccc2-c2ccccc2)cc1. The summed E-state index contributed by atoms with van der Waals surface area (Å²) in [6.45, 7) is 8.32. The van der Waals surface area contributed by atoms with Crippen LogP contribution >= 0.6 is 0 Å². The molecule has 0 fully saturated rings. The first kappa shape index (κ1) is 51.6. The zero-order chi connectivity index (χ0) is 58.7. The van der Waals surface area contributed by atoms with Crippen LogP contribution in [0.3, 0.4) is 0 Å². The van der Waals surface area contributed by atoms with Crippen molar-refractivity contribution in [3.63, 3.8) is 0 Å². The van der Waals surface area contributed by atoms with Gasteiger partial charge in [-0.1, -0.05) is 236 Å². The van der Waals surface area contributed by atoms with Crippen molar-refractivity contribution in [2.24, 2.45) is 0 Å². The molecule has 88 heavy (non-hydrogen) atoms. The van der Waals surface area contributed by atoms with Gasteiger partial charge in [0.15, 0.2) is 0 Å². The molecule has 0 radical (unpaired) electrons. The summed E-state index contributed by atoms with van der Waals surface area (Å²) in [5.41, 5.74) is 32.2. The van der Waals surface area contributed by atoms with Gasteiger partial charge in [-0.15, -0.1) is 0 Å². The molecule has 0 bridgehead atoms. The fourth-order valence-electron chi connectivity index (χ4n) is 14.6. The summed E-state index contributed by atoms with van der Waals surface area (Å²) in [5, 5.41) is 0. The topological polar surface area (TPSA) is 24.9 Å². The Morgan fingerprint density at radius 3 is 1.14 bits per heavy atom. The van der Waals surface area contributed by atoms with Crippen LogP contribution in [0.2, 0.25) is 0 Å². The van der Waals surface area contributed by atoms with Crippen LogP contribution in [0.25, 0.3) is 66.8 Å². The highest BCUT2D eigenvalue weighted by atomic mass is 16.5. The molecule has 4 nitrogen and oxygen atoms in total. The number of hydrogen-bond acceptors (Lipinski definition) is 4. The van der Waals surface area contributed by atoms with Crippen LogP contribution in [-0.4, -0.2) is 13.4 Å². The van der Waals surface area contributed by atoms with Crippen LogP contribution in [0, 0.1) is 27.7 Å². The Kier molecular flexibility index (Phi) is 12.0. The molecule has 0 N–H and O–H groups in total. The smallest absolute Gasteiger partial charge is 0.256 e. The van der Waals surface area contributed by atoms with Gasteiger partial charge in [-0.25, -0.2) is 0 Å². The van der Waals surface area contributed by atoms with Gasteiger partial charge in [-0.05, 0) is 176 Å². The van der Waals surface area contributed by atoms with E-state index >= 15 is 0 Å². The van der Waals surface area contributed by atoms with E-state index < -0.39 is 0 Å². The summed E-state index contributed by atoms with van der Waals surface area (Å²) in [5.74, 6) is 3.25. The van der Waals surface area contributed by atoms with Crippen LogP contribution in [0.1, 0.15) is 22.3 Å². The van der Waals surface area contributed by atoms with E-state index in [1.54, 1.807) is 0 Å². The molecule has 0 aromatic heterocycles. The molecule has 0 amide bonds. The minimum Gasteiger partial charge on any atom is -0.458 e. The molecule has 0 unspecified atom stereocenters. The Balaban J connectivity index is 0.937. The lowest BCUT2D eigenvalue weighted by Crippen LogP contribution is -2.63. The first-order valence-corrected chi connectivity index (χ1v) is 30.6. The van der Waals surface area contributed by atoms with Crippen molar-refractivity contribution in [3.05, 3.63) is 301 Å². The van der Waals surface area contributed by atoms with Gasteiger partial charge in [0.2, 0.25) is 0 Å². The van der Waals surface area contributed by atoms with E-state index in [4.69, 9.17) is 9.47 Å². The van der Waals surface area contributed by atoms with Gasteiger partial charge in [0.1, 0.15) is 23.0 Å². The molecule has 17 rings (SSSR count). The molecule has 4 aliphatic rings. The quantitative estimate of drug-likeness (QED) is 0.142. The number of nitrogens with zero attached hydrogens (tertiary/aromatic N) is 2. The molecule has 4 aliphatic heterocycles. The summed E-state index contributed by atoms with van der Waals surface area (Å²) < 4.78 is 15.1. The van der Waals surface area contributed by atoms with Crippen LogP contribution < -0.4 is 52.1 Å². The van der Waals surface area contributed by atoms with Gasteiger partial charge in [-0.2, -0.15) is 0 Å². The number of rotatable bonds is 8. The maximum Gasteiger partial charge on any atom is 0.256 e. The second kappa shape index (κ2) is 20.4. The summed E-state index contributed by atoms with van der Waals surface area (Å²) in [6, 6.07) is 103. The van der Waals surface area contributed by atoms with E-state index in [1.807, 2.05) is 0 Å². The predicted octanol–water partition coefficient (Wildman–Crippen LogP) is 17.7. The molecule has 4 heterocycles. The number of anilines is 6. The van der Waals surface area contributed by atoms with E-state index in [-0.39, 0.29) is 13.4 Å². The van der Waals surface area contributed by atoms with Crippen molar-refractivity contribution in [2.45, 2.75) is 27.7 Å². The maximum atomic E-state index is 7.57. The highest BCUT2D eigenvalue weighted by molar-refractivity contribution is 7.02. The number of fused-ring (bicyclic) bond motifs is 8.